The largest absolute Gasteiger partial charge is 0.455 e. The van der Waals surface area contributed by atoms with Gasteiger partial charge in [0.15, 0.2) is 5.76 Å². The molecule has 2 nitrogen and oxygen atoms in total. The van der Waals surface area contributed by atoms with Crippen molar-refractivity contribution in [1.29, 1.82) is 0 Å². The van der Waals surface area contributed by atoms with E-state index in [2.05, 4.69) is 0 Å². The minimum absolute atomic E-state index is 0.339. The molecular formula is C20H12ClFO2S. The van der Waals surface area contributed by atoms with E-state index in [-0.39, 0.29) is 5.82 Å². The lowest BCUT2D eigenvalue weighted by Crippen LogP contribution is -1.94. The molecule has 0 unspecified atom stereocenters. The summed E-state index contributed by atoms with van der Waals surface area (Å²) in [7, 11) is -1.46. The summed E-state index contributed by atoms with van der Waals surface area (Å²) in [4.78, 5) is 1.20. The second-order valence-corrected chi connectivity index (χ2v) is 7.34. The van der Waals surface area contributed by atoms with Crippen molar-refractivity contribution >= 4 is 33.4 Å². The number of halogens is 2. The number of rotatable bonds is 3. The lowest BCUT2D eigenvalue weighted by molar-refractivity contribution is 0.618. The number of furan rings is 1. The van der Waals surface area contributed by atoms with E-state index in [1.807, 2.05) is 18.2 Å². The molecule has 3 aromatic carbocycles. The average molecular weight is 371 g/mol. The smallest absolute Gasteiger partial charge is 0.151 e. The second-order valence-electron chi connectivity index (χ2n) is 5.49. The molecule has 4 rings (SSSR count). The Morgan fingerprint density at radius 1 is 0.920 bits per heavy atom. The lowest BCUT2D eigenvalue weighted by Gasteiger charge is -2.04. The lowest BCUT2D eigenvalue weighted by atomic mass is 10.1. The Morgan fingerprint density at radius 2 is 1.64 bits per heavy atom. The van der Waals surface area contributed by atoms with E-state index in [4.69, 9.17) is 16.0 Å². The van der Waals surface area contributed by atoms with Crippen LogP contribution in [-0.2, 0) is 10.8 Å². The van der Waals surface area contributed by atoms with Crippen LogP contribution < -0.4 is 0 Å². The van der Waals surface area contributed by atoms with Gasteiger partial charge in [-0.1, -0.05) is 29.8 Å². The molecule has 25 heavy (non-hydrogen) atoms. The third-order valence-corrected chi connectivity index (χ3v) is 5.57. The van der Waals surface area contributed by atoms with Crippen LogP contribution in [0.25, 0.3) is 22.3 Å². The van der Waals surface area contributed by atoms with E-state index in [1.165, 1.54) is 12.1 Å². The van der Waals surface area contributed by atoms with Crippen molar-refractivity contribution in [2.75, 3.05) is 0 Å². The Morgan fingerprint density at radius 3 is 2.36 bits per heavy atom. The van der Waals surface area contributed by atoms with E-state index >= 15 is 0 Å². The summed E-state index contributed by atoms with van der Waals surface area (Å²) in [6.07, 6.45) is 0. The second kappa shape index (κ2) is 6.47. The molecule has 0 N–H and O–H groups in total. The Balaban J connectivity index is 1.99. The molecule has 0 aliphatic rings. The molecule has 0 aliphatic carbocycles. The minimum atomic E-state index is -1.46. The normalized spacial score (nSPS) is 12.4. The molecule has 0 amide bonds. The topological polar surface area (TPSA) is 30.2 Å². The zero-order valence-corrected chi connectivity index (χ0v) is 14.5. The predicted molar refractivity (Wildman–Crippen MR) is 97.7 cm³/mol. The molecule has 0 aliphatic heterocycles. The molecule has 0 bridgehead atoms. The zero-order chi connectivity index (χ0) is 17.4. The Hall–Kier alpha value is -2.43. The van der Waals surface area contributed by atoms with Crippen LogP contribution in [0.2, 0.25) is 5.02 Å². The molecule has 0 saturated carbocycles. The molecule has 0 fully saturated rings. The highest BCUT2D eigenvalue weighted by atomic mass is 35.5. The summed E-state index contributed by atoms with van der Waals surface area (Å²) in [5.41, 5.74) is 1.25. The summed E-state index contributed by atoms with van der Waals surface area (Å²) in [5, 5.41) is 1.22. The Labute approximate surface area is 151 Å². The van der Waals surface area contributed by atoms with E-state index in [0.29, 0.717) is 37.1 Å². The molecule has 1 aromatic heterocycles. The Kier molecular flexibility index (Phi) is 4.15. The molecular weight excluding hydrogens is 359 g/mol. The van der Waals surface area contributed by atoms with Crippen molar-refractivity contribution in [2.24, 2.45) is 0 Å². The molecule has 0 radical (unpaired) electrons. The third-order valence-electron chi connectivity index (χ3n) is 3.85. The standard InChI is InChI=1S/C20H12ClFO2S/c21-14-8-11-18-17(12-14)20(25(23)16-4-2-1-3-5-16)19(24-18)13-6-9-15(22)10-7-13/h1-12H/t25-/m1/s1. The van der Waals surface area contributed by atoms with Crippen LogP contribution in [0, 0.1) is 5.82 Å². The quantitative estimate of drug-likeness (QED) is 0.439. The molecule has 4 aromatic rings. The van der Waals surface area contributed by atoms with Crippen LogP contribution in [0.3, 0.4) is 0 Å². The van der Waals surface area contributed by atoms with Gasteiger partial charge in [0, 0.05) is 20.9 Å². The fourth-order valence-electron chi connectivity index (χ4n) is 2.68. The van der Waals surface area contributed by atoms with E-state index in [0.717, 1.165) is 0 Å². The van der Waals surface area contributed by atoms with Crippen LogP contribution in [0.4, 0.5) is 4.39 Å². The molecule has 0 spiro atoms. The number of hydrogen-bond acceptors (Lipinski definition) is 2. The van der Waals surface area contributed by atoms with Gasteiger partial charge in [-0.2, -0.15) is 0 Å². The van der Waals surface area contributed by atoms with Crippen LogP contribution in [0.5, 0.6) is 0 Å². The number of hydrogen-bond donors (Lipinski definition) is 0. The summed E-state index contributed by atoms with van der Waals surface area (Å²) in [6.45, 7) is 0. The van der Waals surface area contributed by atoms with Crippen LogP contribution >= 0.6 is 11.6 Å². The van der Waals surface area contributed by atoms with Gasteiger partial charge in [-0.3, -0.25) is 0 Å². The van der Waals surface area contributed by atoms with Gasteiger partial charge >= 0.3 is 0 Å². The first kappa shape index (κ1) is 16.1. The van der Waals surface area contributed by atoms with Crippen molar-refractivity contribution in [1.82, 2.24) is 0 Å². The molecule has 1 atom stereocenters. The van der Waals surface area contributed by atoms with E-state index in [9.17, 15) is 8.60 Å². The van der Waals surface area contributed by atoms with Crippen LogP contribution in [0.1, 0.15) is 0 Å². The van der Waals surface area contributed by atoms with E-state index < -0.39 is 10.8 Å². The van der Waals surface area contributed by atoms with Gasteiger partial charge in [-0.05, 0) is 54.6 Å². The number of fused-ring (bicyclic) bond motifs is 1. The first-order valence-electron chi connectivity index (χ1n) is 7.58. The van der Waals surface area contributed by atoms with Crippen LogP contribution in [0.15, 0.2) is 87.0 Å². The highest BCUT2D eigenvalue weighted by Crippen LogP contribution is 2.39. The number of benzene rings is 3. The minimum Gasteiger partial charge on any atom is -0.455 e. The molecule has 0 saturated heterocycles. The molecule has 5 heteroatoms. The summed E-state index contributed by atoms with van der Waals surface area (Å²) in [6, 6.07) is 20.3. The van der Waals surface area contributed by atoms with Crippen molar-refractivity contribution < 1.29 is 13.0 Å². The maximum atomic E-state index is 13.3. The van der Waals surface area contributed by atoms with Gasteiger partial charge < -0.3 is 4.42 Å². The van der Waals surface area contributed by atoms with Crippen molar-refractivity contribution in [3.05, 3.63) is 83.6 Å². The molecule has 124 valence electrons. The van der Waals surface area contributed by atoms with Gasteiger partial charge in [0.25, 0.3) is 0 Å². The summed E-state index contributed by atoms with van der Waals surface area (Å²) in [5.74, 6) is 0.119. The van der Waals surface area contributed by atoms with Crippen molar-refractivity contribution in [3.8, 4) is 11.3 Å². The van der Waals surface area contributed by atoms with Gasteiger partial charge in [0.2, 0.25) is 0 Å². The predicted octanol–water partition coefficient (Wildman–Crippen LogP) is 6.06. The third kappa shape index (κ3) is 2.99. The highest BCUT2D eigenvalue weighted by Gasteiger charge is 2.22. The van der Waals surface area contributed by atoms with Gasteiger partial charge in [-0.15, -0.1) is 0 Å². The Bertz CT molecular complexity index is 1070. The van der Waals surface area contributed by atoms with Crippen molar-refractivity contribution in [3.63, 3.8) is 0 Å². The summed E-state index contributed by atoms with van der Waals surface area (Å²) >= 11 is 6.13. The van der Waals surface area contributed by atoms with Gasteiger partial charge in [-0.25, -0.2) is 8.60 Å². The SMILES string of the molecule is O=[S@](c1ccccc1)c1c(-c2ccc(F)cc2)oc2ccc(Cl)cc12. The average Bonchev–Trinajstić information content (AvgIpc) is 3.01. The van der Waals surface area contributed by atoms with Crippen LogP contribution in [-0.4, -0.2) is 4.21 Å². The fraction of sp³-hybridized carbons (Fsp3) is 0. The fourth-order valence-corrected chi connectivity index (χ4v) is 4.18. The maximum absolute atomic E-state index is 13.3. The van der Waals surface area contributed by atoms with Gasteiger partial charge in [0.1, 0.15) is 11.4 Å². The maximum Gasteiger partial charge on any atom is 0.151 e. The monoisotopic (exact) mass is 370 g/mol. The molecule has 1 heterocycles. The van der Waals surface area contributed by atoms with E-state index in [1.54, 1.807) is 42.5 Å². The first-order chi connectivity index (χ1) is 12.1. The zero-order valence-electron chi connectivity index (χ0n) is 12.9. The summed E-state index contributed by atoms with van der Waals surface area (Å²) < 4.78 is 32.5. The van der Waals surface area contributed by atoms with Gasteiger partial charge in [0.05, 0.1) is 15.7 Å². The first-order valence-corrected chi connectivity index (χ1v) is 9.11. The van der Waals surface area contributed by atoms with Crippen molar-refractivity contribution in [2.45, 2.75) is 9.79 Å². The highest BCUT2D eigenvalue weighted by molar-refractivity contribution is 7.85.